The van der Waals surface area contributed by atoms with E-state index in [2.05, 4.69) is 16.0 Å². The zero-order valence-corrected chi connectivity index (χ0v) is 25.7. The molecule has 2 atom stereocenters. The number of nitrogens with zero attached hydrogens (tertiary/aromatic N) is 2. The molecular weight excluding hydrogens is 546 g/mol. The minimum absolute atomic E-state index is 0.00204. The Morgan fingerprint density at radius 3 is 2.02 bits per heavy atom. The molecule has 0 aliphatic carbocycles. The number of carbonyl (C=O) groups excluding carboxylic acids is 5. The summed E-state index contributed by atoms with van der Waals surface area (Å²) in [5, 5.41) is 7.89. The number of anilines is 1. The Morgan fingerprint density at radius 1 is 0.929 bits per heavy atom. The summed E-state index contributed by atoms with van der Waals surface area (Å²) in [5.74, 6) is -1.02. The van der Waals surface area contributed by atoms with Gasteiger partial charge in [-0.1, -0.05) is 26.0 Å². The van der Waals surface area contributed by atoms with E-state index in [4.69, 9.17) is 20.9 Å². The van der Waals surface area contributed by atoms with Crippen LogP contribution < -0.4 is 27.4 Å². The third kappa shape index (κ3) is 14.0. The van der Waals surface area contributed by atoms with Gasteiger partial charge in [-0.05, 0) is 57.2 Å². The highest BCUT2D eigenvalue weighted by Crippen LogP contribution is 2.13. The maximum absolute atomic E-state index is 13.0. The zero-order valence-electron chi connectivity index (χ0n) is 25.7. The molecule has 0 aliphatic rings. The van der Waals surface area contributed by atoms with E-state index in [1.807, 2.05) is 0 Å². The molecule has 7 N–H and O–H groups in total. The van der Waals surface area contributed by atoms with Gasteiger partial charge < -0.3 is 46.7 Å². The van der Waals surface area contributed by atoms with Crippen LogP contribution in [0.25, 0.3) is 0 Å². The highest BCUT2D eigenvalue weighted by Gasteiger charge is 2.25. The second-order valence-electron chi connectivity index (χ2n) is 11.3. The summed E-state index contributed by atoms with van der Waals surface area (Å²) < 4.78 is 10.6. The van der Waals surface area contributed by atoms with E-state index in [-0.39, 0.29) is 38.6 Å². The molecule has 0 aromatic heterocycles. The number of rotatable bonds is 14. The standard InChI is InChI=1S/C28H47N7O7/c1-18(2)22(29)24(37)33-21(9-8-14-31-25(30)38)23(36)32-20-12-10-19(11-13-20)17-41-26(39)34(6)15-16-35(7)27(40)42-28(3,4)5/h10-13,18,21-22H,8-9,14-17,29H2,1-7H3,(H,32,36)(H,33,37)(H3,30,31,38)/t21-,22-/m1/s1. The molecule has 0 unspecified atom stereocenters. The molecule has 0 fully saturated rings. The van der Waals surface area contributed by atoms with Gasteiger partial charge in [-0.3, -0.25) is 9.59 Å². The fraction of sp³-hybridized carbons (Fsp3) is 0.607. The summed E-state index contributed by atoms with van der Waals surface area (Å²) in [6.45, 7) is 9.69. The van der Waals surface area contributed by atoms with Crippen LogP contribution in [0.5, 0.6) is 0 Å². The normalized spacial score (nSPS) is 12.5. The number of primary amides is 1. The lowest BCUT2D eigenvalue weighted by Crippen LogP contribution is -2.51. The topological polar surface area (TPSA) is 198 Å². The van der Waals surface area contributed by atoms with Crippen LogP contribution in [0.15, 0.2) is 24.3 Å². The van der Waals surface area contributed by atoms with E-state index < -0.39 is 47.7 Å². The number of nitrogens with one attached hydrogen (secondary N) is 3. The van der Waals surface area contributed by atoms with Crippen molar-refractivity contribution in [2.45, 2.75) is 71.8 Å². The Labute approximate surface area is 247 Å². The largest absolute Gasteiger partial charge is 0.445 e. The number of likely N-dealkylation sites (N-methyl/N-ethyl adjacent to an activating group) is 2. The SMILES string of the molecule is CC(C)[C@@H](N)C(=O)N[C@H](CCCNC(N)=O)C(=O)Nc1ccc(COC(=O)N(C)CCN(C)C(=O)OC(C)(C)C)cc1. The number of nitrogens with two attached hydrogens (primary N) is 2. The molecule has 1 aromatic rings. The second kappa shape index (κ2) is 17.0. The molecular formula is C28H47N7O7. The molecule has 14 nitrogen and oxygen atoms in total. The molecule has 236 valence electrons. The third-order valence-electron chi connectivity index (χ3n) is 5.99. The first-order valence-corrected chi connectivity index (χ1v) is 13.8. The monoisotopic (exact) mass is 593 g/mol. The molecule has 1 aromatic carbocycles. The van der Waals surface area contributed by atoms with Gasteiger partial charge in [0.25, 0.3) is 0 Å². The minimum atomic E-state index is -0.887. The summed E-state index contributed by atoms with van der Waals surface area (Å²) in [7, 11) is 3.16. The molecule has 0 saturated carbocycles. The number of ether oxygens (including phenoxy) is 2. The molecule has 0 saturated heterocycles. The van der Waals surface area contributed by atoms with Crippen molar-refractivity contribution in [1.82, 2.24) is 20.4 Å². The quantitative estimate of drug-likeness (QED) is 0.202. The van der Waals surface area contributed by atoms with E-state index in [1.165, 1.54) is 9.80 Å². The van der Waals surface area contributed by atoms with Gasteiger partial charge in [-0.15, -0.1) is 0 Å². The lowest BCUT2D eigenvalue weighted by atomic mass is 10.0. The fourth-order valence-corrected chi connectivity index (χ4v) is 3.35. The van der Waals surface area contributed by atoms with E-state index in [0.29, 0.717) is 17.7 Å². The van der Waals surface area contributed by atoms with Crippen molar-refractivity contribution in [3.63, 3.8) is 0 Å². The van der Waals surface area contributed by atoms with Crippen molar-refractivity contribution in [2.24, 2.45) is 17.4 Å². The number of hydrogen-bond acceptors (Lipinski definition) is 8. The number of hydrogen-bond donors (Lipinski definition) is 5. The van der Waals surface area contributed by atoms with Crippen LogP contribution >= 0.6 is 0 Å². The molecule has 0 aliphatic heterocycles. The van der Waals surface area contributed by atoms with E-state index in [0.717, 1.165) is 0 Å². The number of amides is 6. The Hall–Kier alpha value is -4.07. The fourth-order valence-electron chi connectivity index (χ4n) is 3.35. The number of carbonyl (C=O) groups is 5. The maximum atomic E-state index is 13.0. The van der Waals surface area contributed by atoms with E-state index >= 15 is 0 Å². The highest BCUT2D eigenvalue weighted by atomic mass is 16.6. The molecule has 0 heterocycles. The lowest BCUT2D eigenvalue weighted by Gasteiger charge is -2.26. The lowest BCUT2D eigenvalue weighted by molar-refractivity contribution is -0.128. The second-order valence-corrected chi connectivity index (χ2v) is 11.3. The average molecular weight is 594 g/mol. The zero-order chi connectivity index (χ0) is 32.0. The predicted molar refractivity (Wildman–Crippen MR) is 158 cm³/mol. The molecule has 42 heavy (non-hydrogen) atoms. The van der Waals surface area contributed by atoms with Gasteiger partial charge in [0.2, 0.25) is 11.8 Å². The van der Waals surface area contributed by atoms with E-state index in [1.54, 1.807) is 73.0 Å². The molecule has 1 rings (SSSR count). The van der Waals surface area contributed by atoms with Gasteiger partial charge in [0.05, 0.1) is 6.04 Å². The van der Waals surface area contributed by atoms with Crippen molar-refractivity contribution >= 4 is 35.7 Å². The van der Waals surface area contributed by atoms with Crippen LogP contribution in [0.4, 0.5) is 20.1 Å². The Morgan fingerprint density at radius 2 is 1.50 bits per heavy atom. The van der Waals surface area contributed by atoms with Crippen LogP contribution in [0, 0.1) is 5.92 Å². The first-order chi connectivity index (χ1) is 19.5. The average Bonchev–Trinajstić information content (AvgIpc) is 2.90. The number of benzene rings is 1. The molecule has 0 spiro atoms. The predicted octanol–water partition coefficient (Wildman–Crippen LogP) is 1.98. The van der Waals surface area contributed by atoms with Crippen molar-refractivity contribution in [3.8, 4) is 0 Å². The maximum Gasteiger partial charge on any atom is 0.410 e. The Balaban J connectivity index is 2.65. The van der Waals surface area contributed by atoms with Gasteiger partial charge in [0, 0.05) is 39.4 Å². The minimum Gasteiger partial charge on any atom is -0.445 e. The highest BCUT2D eigenvalue weighted by molar-refractivity contribution is 5.97. The number of urea groups is 1. The van der Waals surface area contributed by atoms with Crippen LogP contribution in [-0.4, -0.2) is 91.2 Å². The van der Waals surface area contributed by atoms with Crippen molar-refractivity contribution in [2.75, 3.05) is 39.0 Å². The van der Waals surface area contributed by atoms with Gasteiger partial charge in [-0.2, -0.15) is 0 Å². The summed E-state index contributed by atoms with van der Waals surface area (Å²) in [6.07, 6.45) is -0.398. The molecule has 6 amide bonds. The van der Waals surface area contributed by atoms with Gasteiger partial charge in [0.15, 0.2) is 0 Å². The summed E-state index contributed by atoms with van der Waals surface area (Å²) in [5.41, 5.74) is 11.5. The van der Waals surface area contributed by atoms with Gasteiger partial charge in [0.1, 0.15) is 18.2 Å². The van der Waals surface area contributed by atoms with Crippen LogP contribution in [0.2, 0.25) is 0 Å². The first kappa shape index (κ1) is 36.0. The molecule has 0 bridgehead atoms. The Kier molecular flexibility index (Phi) is 14.6. The van der Waals surface area contributed by atoms with Crippen molar-refractivity contribution < 1.29 is 33.4 Å². The van der Waals surface area contributed by atoms with Crippen LogP contribution in [0.1, 0.15) is 53.0 Å². The van der Waals surface area contributed by atoms with E-state index in [9.17, 15) is 24.0 Å². The van der Waals surface area contributed by atoms with Crippen molar-refractivity contribution in [1.29, 1.82) is 0 Å². The summed E-state index contributed by atoms with van der Waals surface area (Å²) >= 11 is 0. The summed E-state index contributed by atoms with van der Waals surface area (Å²) in [4.78, 5) is 63.6. The molecule has 0 radical (unpaired) electrons. The first-order valence-electron chi connectivity index (χ1n) is 13.8. The van der Waals surface area contributed by atoms with Gasteiger partial charge >= 0.3 is 18.2 Å². The van der Waals surface area contributed by atoms with Crippen LogP contribution in [-0.2, 0) is 25.7 Å². The van der Waals surface area contributed by atoms with Gasteiger partial charge in [-0.25, -0.2) is 14.4 Å². The Bertz CT molecular complexity index is 1060. The third-order valence-corrected chi connectivity index (χ3v) is 5.99. The smallest absolute Gasteiger partial charge is 0.410 e. The molecule has 14 heteroatoms. The summed E-state index contributed by atoms with van der Waals surface area (Å²) in [6, 6.07) is 4.33. The van der Waals surface area contributed by atoms with Crippen molar-refractivity contribution in [3.05, 3.63) is 29.8 Å². The van der Waals surface area contributed by atoms with Crippen LogP contribution in [0.3, 0.4) is 0 Å².